The van der Waals surface area contributed by atoms with Gasteiger partial charge in [0.15, 0.2) is 0 Å². The number of benzene rings is 1. The van der Waals surface area contributed by atoms with Crippen LogP contribution in [0.15, 0.2) is 42.9 Å². The molecule has 2 N–H and O–H groups in total. The van der Waals surface area contributed by atoms with E-state index in [-0.39, 0.29) is 0 Å². The SMILES string of the molecule is O[C@@H](COc1cccc(CNCCc2cnccn2)c1)CN1CCCCCC1. The molecule has 152 valence electrons. The summed E-state index contributed by atoms with van der Waals surface area (Å²) in [6.07, 6.45) is 10.7. The van der Waals surface area contributed by atoms with Gasteiger partial charge in [-0.3, -0.25) is 9.97 Å². The minimum Gasteiger partial charge on any atom is -0.491 e. The van der Waals surface area contributed by atoms with Gasteiger partial charge in [-0.1, -0.05) is 25.0 Å². The monoisotopic (exact) mass is 384 g/mol. The van der Waals surface area contributed by atoms with E-state index in [9.17, 15) is 5.11 Å². The van der Waals surface area contributed by atoms with Gasteiger partial charge >= 0.3 is 0 Å². The maximum Gasteiger partial charge on any atom is 0.119 e. The fraction of sp³-hybridized carbons (Fsp3) is 0.545. The standard InChI is InChI=1S/C22H32N4O2/c27-21(17-26-12-3-1-2-4-13-26)18-28-22-7-5-6-19(14-22)15-23-9-8-20-16-24-10-11-25-20/h5-7,10-11,14,16,21,23,27H,1-4,8-9,12-13,15,17-18H2/t21-/m1/s1. The largest absolute Gasteiger partial charge is 0.491 e. The number of nitrogens with zero attached hydrogens (tertiary/aromatic N) is 3. The fourth-order valence-electron chi connectivity index (χ4n) is 3.52. The van der Waals surface area contributed by atoms with E-state index in [1.807, 2.05) is 18.2 Å². The summed E-state index contributed by atoms with van der Waals surface area (Å²) in [4.78, 5) is 10.7. The molecule has 1 fully saturated rings. The van der Waals surface area contributed by atoms with Crippen LogP contribution in [-0.2, 0) is 13.0 Å². The molecular weight excluding hydrogens is 352 g/mol. The zero-order chi connectivity index (χ0) is 19.4. The van der Waals surface area contributed by atoms with Crippen LogP contribution in [0.2, 0.25) is 0 Å². The molecule has 0 saturated carbocycles. The molecule has 6 heteroatoms. The molecule has 1 aromatic carbocycles. The zero-order valence-electron chi connectivity index (χ0n) is 16.6. The van der Waals surface area contributed by atoms with E-state index in [0.717, 1.165) is 44.0 Å². The Hall–Kier alpha value is -2.02. The molecule has 0 spiro atoms. The number of aliphatic hydroxyl groups is 1. The second kappa shape index (κ2) is 11.7. The predicted molar refractivity (Wildman–Crippen MR) is 110 cm³/mol. The molecule has 3 rings (SSSR count). The molecule has 0 aliphatic carbocycles. The maximum absolute atomic E-state index is 10.3. The average Bonchev–Trinajstić information content (AvgIpc) is 2.99. The number of aromatic nitrogens is 2. The Balaban J connectivity index is 1.36. The number of aliphatic hydroxyl groups excluding tert-OH is 1. The Bertz CT molecular complexity index is 675. The lowest BCUT2D eigenvalue weighted by atomic mass is 10.2. The third-order valence-corrected chi connectivity index (χ3v) is 5.01. The molecule has 1 aromatic heterocycles. The van der Waals surface area contributed by atoms with Crippen molar-refractivity contribution in [1.82, 2.24) is 20.2 Å². The van der Waals surface area contributed by atoms with Crippen molar-refractivity contribution in [3.05, 3.63) is 54.1 Å². The Morgan fingerprint density at radius 3 is 2.79 bits per heavy atom. The van der Waals surface area contributed by atoms with Crippen molar-refractivity contribution in [3.63, 3.8) is 0 Å². The van der Waals surface area contributed by atoms with E-state index in [2.05, 4.69) is 26.3 Å². The Morgan fingerprint density at radius 1 is 1.14 bits per heavy atom. The van der Waals surface area contributed by atoms with Crippen LogP contribution < -0.4 is 10.1 Å². The smallest absolute Gasteiger partial charge is 0.119 e. The van der Waals surface area contributed by atoms with Crippen LogP contribution in [-0.4, -0.2) is 58.9 Å². The highest BCUT2D eigenvalue weighted by Crippen LogP contribution is 2.14. The normalized spacial score (nSPS) is 16.5. The van der Waals surface area contributed by atoms with Crippen molar-refractivity contribution in [2.45, 2.75) is 44.8 Å². The van der Waals surface area contributed by atoms with Gasteiger partial charge in [-0.15, -0.1) is 0 Å². The highest BCUT2D eigenvalue weighted by molar-refractivity contribution is 5.28. The molecular formula is C22H32N4O2. The van der Waals surface area contributed by atoms with E-state index in [1.165, 1.54) is 31.2 Å². The third-order valence-electron chi connectivity index (χ3n) is 5.01. The van der Waals surface area contributed by atoms with Gasteiger partial charge in [-0.05, 0) is 43.6 Å². The third kappa shape index (κ3) is 7.54. The van der Waals surface area contributed by atoms with Crippen molar-refractivity contribution in [2.24, 2.45) is 0 Å². The van der Waals surface area contributed by atoms with Gasteiger partial charge in [0.25, 0.3) is 0 Å². The van der Waals surface area contributed by atoms with Crippen molar-refractivity contribution in [2.75, 3.05) is 32.8 Å². The maximum atomic E-state index is 10.3. The van der Waals surface area contributed by atoms with Gasteiger partial charge in [0.2, 0.25) is 0 Å². The van der Waals surface area contributed by atoms with Crippen molar-refractivity contribution < 1.29 is 9.84 Å². The first-order chi connectivity index (χ1) is 13.8. The van der Waals surface area contributed by atoms with Crippen LogP contribution in [0.5, 0.6) is 5.75 Å². The van der Waals surface area contributed by atoms with E-state index in [4.69, 9.17) is 4.74 Å². The predicted octanol–water partition coefficient (Wildman–Crippen LogP) is 2.42. The zero-order valence-corrected chi connectivity index (χ0v) is 16.6. The van der Waals surface area contributed by atoms with Gasteiger partial charge in [0.1, 0.15) is 18.5 Å². The summed E-state index contributed by atoms with van der Waals surface area (Å²) >= 11 is 0. The number of ether oxygens (including phenoxy) is 1. The molecule has 6 nitrogen and oxygen atoms in total. The molecule has 1 aliphatic rings. The highest BCUT2D eigenvalue weighted by atomic mass is 16.5. The average molecular weight is 385 g/mol. The Labute approximate surface area is 168 Å². The number of likely N-dealkylation sites (tertiary alicyclic amines) is 1. The summed E-state index contributed by atoms with van der Waals surface area (Å²) in [5, 5.41) is 13.7. The lowest BCUT2D eigenvalue weighted by molar-refractivity contribution is 0.0693. The minimum absolute atomic E-state index is 0.333. The lowest BCUT2D eigenvalue weighted by Crippen LogP contribution is -2.36. The second-order valence-electron chi connectivity index (χ2n) is 7.45. The minimum atomic E-state index is -0.452. The van der Waals surface area contributed by atoms with Crippen LogP contribution in [0.25, 0.3) is 0 Å². The summed E-state index contributed by atoms with van der Waals surface area (Å²) in [5.74, 6) is 0.808. The molecule has 0 unspecified atom stereocenters. The van der Waals surface area contributed by atoms with Gasteiger partial charge in [0, 0.05) is 44.6 Å². The number of rotatable bonds is 10. The van der Waals surface area contributed by atoms with Gasteiger partial charge in [-0.2, -0.15) is 0 Å². The molecule has 0 bridgehead atoms. The van der Waals surface area contributed by atoms with Crippen LogP contribution in [0.1, 0.15) is 36.9 Å². The Morgan fingerprint density at radius 2 is 2.00 bits per heavy atom. The van der Waals surface area contributed by atoms with Crippen LogP contribution >= 0.6 is 0 Å². The summed E-state index contributed by atoms with van der Waals surface area (Å²) in [6, 6.07) is 8.06. The van der Waals surface area contributed by atoms with E-state index in [0.29, 0.717) is 13.2 Å². The molecule has 2 aromatic rings. The van der Waals surface area contributed by atoms with E-state index >= 15 is 0 Å². The number of nitrogens with one attached hydrogen (secondary N) is 1. The first kappa shape index (κ1) is 20.7. The molecule has 1 aliphatic heterocycles. The fourth-order valence-corrected chi connectivity index (χ4v) is 3.52. The summed E-state index contributed by atoms with van der Waals surface area (Å²) in [7, 11) is 0. The molecule has 1 atom stereocenters. The van der Waals surface area contributed by atoms with Crippen LogP contribution in [0.4, 0.5) is 0 Å². The highest BCUT2D eigenvalue weighted by Gasteiger charge is 2.14. The summed E-state index contributed by atoms with van der Waals surface area (Å²) in [5.41, 5.74) is 2.16. The topological polar surface area (TPSA) is 70.5 Å². The molecule has 1 saturated heterocycles. The summed E-state index contributed by atoms with van der Waals surface area (Å²) < 4.78 is 5.83. The number of hydrogen-bond acceptors (Lipinski definition) is 6. The summed E-state index contributed by atoms with van der Waals surface area (Å²) in [6.45, 7) is 4.83. The first-order valence-electron chi connectivity index (χ1n) is 10.4. The number of hydrogen-bond donors (Lipinski definition) is 2. The lowest BCUT2D eigenvalue weighted by Gasteiger charge is -2.23. The van der Waals surface area contributed by atoms with E-state index in [1.54, 1.807) is 18.6 Å². The van der Waals surface area contributed by atoms with Crippen molar-refractivity contribution in [3.8, 4) is 5.75 Å². The molecule has 0 amide bonds. The van der Waals surface area contributed by atoms with Crippen molar-refractivity contribution in [1.29, 1.82) is 0 Å². The number of β-amino-alcohol motifs (C(OH)–C–C–N with tert-alkyl or cyclic N) is 1. The van der Waals surface area contributed by atoms with Crippen molar-refractivity contribution >= 4 is 0 Å². The second-order valence-corrected chi connectivity index (χ2v) is 7.45. The first-order valence-corrected chi connectivity index (χ1v) is 10.4. The quantitative estimate of drug-likeness (QED) is 0.613. The Kier molecular flexibility index (Phi) is 8.68. The molecule has 2 heterocycles. The van der Waals surface area contributed by atoms with Crippen LogP contribution in [0.3, 0.4) is 0 Å². The molecule has 28 heavy (non-hydrogen) atoms. The van der Waals surface area contributed by atoms with Gasteiger partial charge in [-0.25, -0.2) is 0 Å². The van der Waals surface area contributed by atoms with E-state index < -0.39 is 6.10 Å². The van der Waals surface area contributed by atoms with Gasteiger partial charge in [0.05, 0.1) is 5.69 Å². The van der Waals surface area contributed by atoms with Crippen LogP contribution in [0, 0.1) is 0 Å². The molecule has 0 radical (unpaired) electrons. The van der Waals surface area contributed by atoms with Gasteiger partial charge < -0.3 is 20.1 Å².